The van der Waals surface area contributed by atoms with Gasteiger partial charge < -0.3 is 5.11 Å². The summed E-state index contributed by atoms with van der Waals surface area (Å²) in [7, 11) is 0. The van der Waals surface area contributed by atoms with Gasteiger partial charge in [-0.1, -0.05) is 47.5 Å². The molecule has 0 saturated carbocycles. The number of hydrogen-bond acceptors (Lipinski definition) is 5. The minimum Gasteiger partial charge on any atom is -0.396 e. The Balaban J connectivity index is 1.98. The van der Waals surface area contributed by atoms with Crippen molar-refractivity contribution in [2.24, 2.45) is 0 Å². The number of benzene rings is 2. The fraction of sp³-hybridized carbons (Fsp3) is 0.200. The second-order valence-corrected chi connectivity index (χ2v) is 7.20. The van der Waals surface area contributed by atoms with Gasteiger partial charge >= 0.3 is 5.69 Å². The molecule has 9 heteroatoms. The van der Waals surface area contributed by atoms with Crippen LogP contribution in [0.5, 0.6) is 0 Å². The van der Waals surface area contributed by atoms with Crippen LogP contribution in [0.25, 0.3) is 5.69 Å². The zero-order valence-electron chi connectivity index (χ0n) is 15.4. The lowest BCUT2D eigenvalue weighted by molar-refractivity contribution is 0.0924. The molecule has 0 saturated heterocycles. The number of hydrogen-bond donors (Lipinski definition) is 1. The van der Waals surface area contributed by atoms with Crippen LogP contribution >= 0.6 is 23.2 Å². The van der Waals surface area contributed by atoms with Crippen LogP contribution in [0.15, 0.2) is 52.2 Å². The van der Waals surface area contributed by atoms with Crippen LogP contribution in [-0.4, -0.2) is 32.0 Å². The second-order valence-electron chi connectivity index (χ2n) is 6.39. The highest BCUT2D eigenvalue weighted by Crippen LogP contribution is 2.30. The van der Waals surface area contributed by atoms with E-state index in [0.29, 0.717) is 33.0 Å². The Morgan fingerprint density at radius 2 is 1.66 bits per heavy atom. The highest BCUT2D eigenvalue weighted by Gasteiger charge is 2.15. The summed E-state index contributed by atoms with van der Waals surface area (Å²) in [5.74, 6) is -0.713. The molecule has 3 aromatic rings. The molecule has 29 heavy (non-hydrogen) atoms. The van der Waals surface area contributed by atoms with Crippen LogP contribution in [0.2, 0.25) is 10.0 Å². The third kappa shape index (κ3) is 4.48. The first kappa shape index (κ1) is 21.0. The zero-order chi connectivity index (χ0) is 21.1. The van der Waals surface area contributed by atoms with Gasteiger partial charge in [0.1, 0.15) is 6.20 Å². The van der Waals surface area contributed by atoms with Crippen molar-refractivity contribution in [2.45, 2.75) is 19.8 Å². The summed E-state index contributed by atoms with van der Waals surface area (Å²) in [5.41, 5.74) is 1.20. The van der Waals surface area contributed by atoms with Gasteiger partial charge in [0, 0.05) is 30.0 Å². The summed E-state index contributed by atoms with van der Waals surface area (Å²) < 4.78 is 1.38. The second kappa shape index (κ2) is 8.73. The average Bonchev–Trinajstić information content (AvgIpc) is 2.66. The van der Waals surface area contributed by atoms with Crippen molar-refractivity contribution in [1.82, 2.24) is 14.3 Å². The van der Waals surface area contributed by atoms with Crippen LogP contribution in [-0.2, 0) is 12.8 Å². The first-order valence-electron chi connectivity index (χ1n) is 8.71. The van der Waals surface area contributed by atoms with E-state index in [2.05, 4.69) is 5.10 Å². The molecule has 0 amide bonds. The Bertz CT molecular complexity index is 1160. The van der Waals surface area contributed by atoms with E-state index in [0.717, 1.165) is 28.9 Å². The van der Waals surface area contributed by atoms with Gasteiger partial charge in [-0.25, -0.2) is 4.79 Å². The lowest BCUT2D eigenvalue weighted by Gasteiger charge is -2.12. The molecule has 3 rings (SSSR count). The van der Waals surface area contributed by atoms with E-state index in [-0.39, 0.29) is 12.3 Å². The molecule has 1 heterocycles. The van der Waals surface area contributed by atoms with E-state index in [1.54, 1.807) is 0 Å². The molecule has 1 N–H and O–H groups in total. The molecule has 0 radical (unpaired) electrons. The topological polar surface area (TPSA) is 94.2 Å². The smallest absolute Gasteiger partial charge is 0.359 e. The minimum atomic E-state index is -0.899. The molecule has 1 aromatic heterocycles. The molecule has 7 nitrogen and oxygen atoms in total. The van der Waals surface area contributed by atoms with Crippen molar-refractivity contribution < 1.29 is 9.90 Å². The third-order valence-electron chi connectivity index (χ3n) is 4.37. The minimum absolute atomic E-state index is 0.0861. The van der Waals surface area contributed by atoms with E-state index < -0.39 is 17.2 Å². The Hall–Kier alpha value is -2.74. The number of rotatable bonds is 5. The molecule has 0 spiro atoms. The van der Waals surface area contributed by atoms with Gasteiger partial charge in [-0.3, -0.25) is 9.59 Å². The first-order chi connectivity index (χ1) is 13.8. The number of halogens is 2. The van der Waals surface area contributed by atoms with Crippen molar-refractivity contribution in [3.8, 4) is 5.69 Å². The maximum Gasteiger partial charge on any atom is 0.359 e. The Labute approximate surface area is 175 Å². The van der Waals surface area contributed by atoms with Gasteiger partial charge in [-0.15, -0.1) is 0 Å². The molecule has 0 fully saturated rings. The number of carbonyl (C=O) groups excluding carboxylic acids is 1. The Morgan fingerprint density at radius 1 is 1.07 bits per heavy atom. The quantitative estimate of drug-likeness (QED) is 0.666. The molecule has 0 atom stereocenters. The summed E-state index contributed by atoms with van der Waals surface area (Å²) in [4.78, 5) is 35.8. The van der Waals surface area contributed by atoms with E-state index in [9.17, 15) is 14.4 Å². The fourth-order valence-electron chi connectivity index (χ4n) is 2.91. The van der Waals surface area contributed by atoms with Crippen LogP contribution in [0.4, 0.5) is 0 Å². The molecule has 0 aliphatic rings. The molecular weight excluding hydrogens is 417 g/mol. The molecular formula is C20H17Cl2N3O4. The molecule has 0 unspecified atom stereocenters. The standard InChI is InChI=1S/C20H17Cl2N3O4/c1-12(27)24-19(28)11-23-25(20(24)29)15-9-17(21)16(18(22)10-15)8-14-4-2-13(3-5-14)6-7-26/h2-5,9-11,26H,6-8H2,1H3. The largest absolute Gasteiger partial charge is 0.396 e. The highest BCUT2D eigenvalue weighted by molar-refractivity contribution is 6.36. The molecule has 0 bridgehead atoms. The predicted molar refractivity (Wildman–Crippen MR) is 110 cm³/mol. The summed E-state index contributed by atoms with van der Waals surface area (Å²) in [5, 5.41) is 13.4. The number of aliphatic hydroxyl groups is 1. The number of aliphatic hydroxyl groups excluding tert-OH is 1. The van der Waals surface area contributed by atoms with Crippen molar-refractivity contribution in [1.29, 1.82) is 0 Å². The molecule has 150 valence electrons. The van der Waals surface area contributed by atoms with Crippen LogP contribution < -0.4 is 11.2 Å². The lowest BCUT2D eigenvalue weighted by Crippen LogP contribution is -2.42. The SMILES string of the molecule is CC(=O)n1c(=O)cnn(-c2cc(Cl)c(Cc3ccc(CCO)cc3)c(Cl)c2)c1=O. The highest BCUT2D eigenvalue weighted by atomic mass is 35.5. The molecule has 0 aliphatic carbocycles. The Morgan fingerprint density at radius 3 is 2.21 bits per heavy atom. The van der Waals surface area contributed by atoms with Gasteiger partial charge in [0.2, 0.25) is 5.91 Å². The van der Waals surface area contributed by atoms with Crippen LogP contribution in [0.1, 0.15) is 28.4 Å². The summed E-state index contributed by atoms with van der Waals surface area (Å²) in [6.45, 7) is 1.20. The van der Waals surface area contributed by atoms with Crippen LogP contribution in [0, 0.1) is 0 Å². The van der Waals surface area contributed by atoms with Crippen molar-refractivity contribution >= 4 is 29.1 Å². The van der Waals surface area contributed by atoms with E-state index in [1.165, 1.54) is 12.1 Å². The number of nitrogens with zero attached hydrogens (tertiary/aromatic N) is 3. The van der Waals surface area contributed by atoms with Gasteiger partial charge in [-0.2, -0.15) is 14.3 Å². The van der Waals surface area contributed by atoms with E-state index in [1.807, 2.05) is 24.3 Å². The van der Waals surface area contributed by atoms with E-state index in [4.69, 9.17) is 28.3 Å². The lowest BCUT2D eigenvalue weighted by atomic mass is 10.0. The monoisotopic (exact) mass is 433 g/mol. The van der Waals surface area contributed by atoms with Crippen molar-refractivity contribution in [2.75, 3.05) is 6.61 Å². The van der Waals surface area contributed by atoms with E-state index >= 15 is 0 Å². The van der Waals surface area contributed by atoms with Crippen molar-refractivity contribution in [3.05, 3.63) is 90.2 Å². The Kier molecular flexibility index (Phi) is 6.32. The maximum absolute atomic E-state index is 12.5. The first-order valence-corrected chi connectivity index (χ1v) is 9.46. The zero-order valence-corrected chi connectivity index (χ0v) is 16.9. The van der Waals surface area contributed by atoms with Gasteiger partial charge in [0.05, 0.1) is 5.69 Å². The summed E-state index contributed by atoms with van der Waals surface area (Å²) in [6, 6.07) is 10.7. The van der Waals surface area contributed by atoms with Crippen LogP contribution in [0.3, 0.4) is 0 Å². The van der Waals surface area contributed by atoms with Crippen molar-refractivity contribution in [3.63, 3.8) is 0 Å². The average molecular weight is 434 g/mol. The molecule has 2 aromatic carbocycles. The van der Waals surface area contributed by atoms with Gasteiger partial charge in [-0.05, 0) is 35.2 Å². The maximum atomic E-state index is 12.5. The third-order valence-corrected chi connectivity index (χ3v) is 5.04. The number of carbonyl (C=O) groups is 1. The van der Waals surface area contributed by atoms with Gasteiger partial charge in [0.15, 0.2) is 0 Å². The van der Waals surface area contributed by atoms with Gasteiger partial charge in [0.25, 0.3) is 5.56 Å². The number of aromatic nitrogens is 3. The normalized spacial score (nSPS) is 10.9. The summed E-state index contributed by atoms with van der Waals surface area (Å²) >= 11 is 12.8. The predicted octanol–water partition coefficient (Wildman–Crippen LogP) is 2.49. The fourth-order valence-corrected chi connectivity index (χ4v) is 3.52. The summed E-state index contributed by atoms with van der Waals surface area (Å²) in [6.07, 6.45) is 1.93. The molecule has 0 aliphatic heterocycles.